The quantitative estimate of drug-likeness (QED) is 0.476. The van der Waals surface area contributed by atoms with Gasteiger partial charge in [-0.25, -0.2) is 4.98 Å². The van der Waals surface area contributed by atoms with E-state index >= 15 is 0 Å². The summed E-state index contributed by atoms with van der Waals surface area (Å²) in [7, 11) is 0. The van der Waals surface area contributed by atoms with Gasteiger partial charge in [-0.3, -0.25) is 14.5 Å². The lowest BCUT2D eigenvalue weighted by Gasteiger charge is -2.38. The summed E-state index contributed by atoms with van der Waals surface area (Å²) in [6.45, 7) is 7.04. The molecule has 1 N–H and O–H groups in total. The van der Waals surface area contributed by atoms with Crippen molar-refractivity contribution in [2.24, 2.45) is 11.8 Å². The lowest BCUT2D eigenvalue weighted by molar-refractivity contribution is -0.128. The first-order valence-electron chi connectivity index (χ1n) is 14.8. The third-order valence-electron chi connectivity index (χ3n) is 9.49. The molecule has 2 amide bonds. The minimum Gasteiger partial charge on any atom is -0.349 e. The van der Waals surface area contributed by atoms with Crippen molar-refractivity contribution in [3.8, 4) is 0 Å². The van der Waals surface area contributed by atoms with E-state index in [1.54, 1.807) is 11.8 Å². The number of fused-ring (bicyclic) bond motifs is 2. The van der Waals surface area contributed by atoms with Crippen LogP contribution in [0.2, 0.25) is 0 Å². The number of nitrogens with one attached hydrogen (secondary N) is 1. The summed E-state index contributed by atoms with van der Waals surface area (Å²) in [4.78, 5) is 34.4. The molecule has 3 heterocycles. The van der Waals surface area contributed by atoms with Gasteiger partial charge in [-0.15, -0.1) is 0 Å². The van der Waals surface area contributed by atoms with Gasteiger partial charge >= 0.3 is 0 Å². The van der Waals surface area contributed by atoms with Crippen LogP contribution in [0.1, 0.15) is 68.9 Å². The lowest BCUT2D eigenvalue weighted by Crippen LogP contribution is -2.44. The van der Waals surface area contributed by atoms with E-state index in [0.29, 0.717) is 31.1 Å². The van der Waals surface area contributed by atoms with E-state index in [0.717, 1.165) is 49.3 Å². The average molecular weight is 528 g/mol. The van der Waals surface area contributed by atoms with Gasteiger partial charge in [0.05, 0.1) is 23.0 Å². The number of piperidine rings is 1. The highest BCUT2D eigenvalue weighted by molar-refractivity contribution is 5.81. The minimum atomic E-state index is -0.122. The molecule has 206 valence electrons. The zero-order valence-electron chi connectivity index (χ0n) is 23.3. The molecule has 3 aromatic rings. The second kappa shape index (κ2) is 11.1. The van der Waals surface area contributed by atoms with Gasteiger partial charge in [-0.05, 0) is 75.6 Å². The monoisotopic (exact) mass is 527 g/mol. The molecule has 3 fully saturated rings. The summed E-state index contributed by atoms with van der Waals surface area (Å²) < 4.78 is 2.49. The van der Waals surface area contributed by atoms with Crippen LogP contribution < -0.4 is 5.32 Å². The van der Waals surface area contributed by atoms with E-state index in [1.807, 2.05) is 6.07 Å². The smallest absolute Gasteiger partial charge is 0.225 e. The van der Waals surface area contributed by atoms with Crippen LogP contribution in [-0.2, 0) is 9.59 Å². The number of nitrogens with zero attached hydrogens (tertiary/aromatic N) is 4. The fourth-order valence-corrected chi connectivity index (χ4v) is 7.52. The van der Waals surface area contributed by atoms with Gasteiger partial charge in [0.25, 0.3) is 0 Å². The first kappa shape index (κ1) is 26.1. The molecule has 1 saturated carbocycles. The number of aromatic nitrogens is 2. The zero-order valence-corrected chi connectivity index (χ0v) is 23.3. The van der Waals surface area contributed by atoms with Gasteiger partial charge in [0.1, 0.15) is 5.82 Å². The Balaban J connectivity index is 1.14. The number of hydrogen-bond acceptors (Lipinski definition) is 4. The largest absolute Gasteiger partial charge is 0.349 e. The Labute approximate surface area is 231 Å². The molecule has 1 aliphatic carbocycles. The molecule has 0 spiro atoms. The Kier molecular flexibility index (Phi) is 7.43. The number of hydrogen-bond donors (Lipinski definition) is 1. The van der Waals surface area contributed by atoms with E-state index in [4.69, 9.17) is 4.98 Å². The second-order valence-corrected chi connectivity index (χ2v) is 11.9. The summed E-state index contributed by atoms with van der Waals surface area (Å²) >= 11 is 0. The number of benzene rings is 2. The number of imidazole rings is 1. The van der Waals surface area contributed by atoms with Gasteiger partial charge in [-0.2, -0.15) is 0 Å². The highest BCUT2D eigenvalue weighted by atomic mass is 16.2. The summed E-state index contributed by atoms with van der Waals surface area (Å²) in [6.07, 6.45) is 6.55. The Bertz CT molecular complexity index is 1320. The van der Waals surface area contributed by atoms with Gasteiger partial charge in [0, 0.05) is 38.6 Å². The van der Waals surface area contributed by atoms with Crippen LogP contribution in [0.15, 0.2) is 54.6 Å². The Morgan fingerprint density at radius 2 is 1.82 bits per heavy atom. The van der Waals surface area contributed by atoms with Crippen LogP contribution >= 0.6 is 0 Å². The van der Waals surface area contributed by atoms with Crippen molar-refractivity contribution in [3.63, 3.8) is 0 Å². The molecule has 0 radical (unpaired) electrons. The molecule has 6 rings (SSSR count). The number of para-hydroxylation sites is 2. The maximum absolute atomic E-state index is 13.3. The summed E-state index contributed by atoms with van der Waals surface area (Å²) in [5.74, 6) is 1.84. The topological polar surface area (TPSA) is 70.5 Å². The highest BCUT2D eigenvalue weighted by Gasteiger charge is 2.41. The van der Waals surface area contributed by atoms with Crippen molar-refractivity contribution < 1.29 is 9.59 Å². The van der Waals surface area contributed by atoms with Gasteiger partial charge in [0.2, 0.25) is 11.8 Å². The van der Waals surface area contributed by atoms with Crippen LogP contribution in [0.4, 0.5) is 0 Å². The molecule has 5 atom stereocenters. The van der Waals surface area contributed by atoms with Gasteiger partial charge < -0.3 is 14.8 Å². The molecule has 2 saturated heterocycles. The number of rotatable bonds is 7. The fraction of sp³-hybridized carbons (Fsp3) is 0.531. The van der Waals surface area contributed by atoms with Crippen LogP contribution in [0, 0.1) is 18.8 Å². The maximum Gasteiger partial charge on any atom is 0.225 e. The van der Waals surface area contributed by atoms with Crippen molar-refractivity contribution in [1.82, 2.24) is 24.7 Å². The predicted octanol–water partition coefficient (Wildman–Crippen LogP) is 4.88. The summed E-state index contributed by atoms with van der Waals surface area (Å²) in [5.41, 5.74) is 3.51. The number of aryl methyl sites for hydroxylation is 1. The second-order valence-electron chi connectivity index (χ2n) is 11.9. The third kappa shape index (κ3) is 5.33. The number of carbonyl (C=O) groups excluding carboxylic acids is 2. The number of likely N-dealkylation sites (tertiary alicyclic amines) is 2. The fourth-order valence-electron chi connectivity index (χ4n) is 7.52. The van der Waals surface area contributed by atoms with Gasteiger partial charge in [0.15, 0.2) is 0 Å². The van der Waals surface area contributed by atoms with Crippen molar-refractivity contribution in [2.45, 2.75) is 70.5 Å². The predicted molar refractivity (Wildman–Crippen MR) is 153 cm³/mol. The first-order chi connectivity index (χ1) is 19.0. The Morgan fingerprint density at radius 3 is 2.62 bits per heavy atom. The van der Waals surface area contributed by atoms with Crippen molar-refractivity contribution >= 4 is 22.8 Å². The van der Waals surface area contributed by atoms with Crippen LogP contribution in [-0.4, -0.2) is 63.4 Å². The summed E-state index contributed by atoms with van der Waals surface area (Å²) in [5, 5.41) is 3.38. The average Bonchev–Trinajstić information content (AvgIpc) is 3.67. The van der Waals surface area contributed by atoms with Crippen molar-refractivity contribution in [3.05, 3.63) is 66.0 Å². The summed E-state index contributed by atoms with van der Waals surface area (Å²) in [6, 6.07) is 19.9. The molecule has 2 aliphatic heterocycles. The molecular formula is C32H41N5O2. The first-order valence-corrected chi connectivity index (χ1v) is 14.8. The Morgan fingerprint density at radius 1 is 1.03 bits per heavy atom. The maximum atomic E-state index is 13.3. The van der Waals surface area contributed by atoms with Crippen molar-refractivity contribution in [2.75, 3.05) is 26.2 Å². The molecular weight excluding hydrogens is 486 g/mol. The van der Waals surface area contributed by atoms with E-state index in [-0.39, 0.29) is 23.8 Å². The van der Waals surface area contributed by atoms with E-state index in [9.17, 15) is 9.59 Å². The molecule has 3 aliphatic rings. The van der Waals surface area contributed by atoms with Gasteiger partial charge in [-0.1, -0.05) is 42.5 Å². The van der Waals surface area contributed by atoms with E-state index in [1.165, 1.54) is 24.8 Å². The Hall–Kier alpha value is -3.19. The molecule has 4 unspecified atom stereocenters. The molecule has 7 nitrogen and oxygen atoms in total. The molecule has 0 bridgehead atoms. The highest BCUT2D eigenvalue weighted by Crippen LogP contribution is 2.44. The van der Waals surface area contributed by atoms with Crippen LogP contribution in [0.5, 0.6) is 0 Å². The van der Waals surface area contributed by atoms with Crippen LogP contribution in [0.3, 0.4) is 0 Å². The third-order valence-corrected chi connectivity index (χ3v) is 9.49. The van der Waals surface area contributed by atoms with E-state index in [2.05, 4.69) is 70.2 Å². The molecule has 7 heteroatoms. The number of amides is 2. The van der Waals surface area contributed by atoms with Crippen molar-refractivity contribution in [1.29, 1.82) is 0 Å². The molecule has 39 heavy (non-hydrogen) atoms. The zero-order chi connectivity index (χ0) is 26.9. The standard InChI is InChI=1S/C32H41N5O2/c1-22-33-29-12-6-7-13-30(29)37(22)27-19-25-11-8-16-35(31(25)20-27)18-15-28(24-9-4-3-5-10-24)34-32(39)26-14-17-36(21-26)23(2)38/h3-7,9-10,12-13,25-28,31H,8,11,14-21H2,1-2H3,(H,34,39)/t25?,26?,27?,28-,31?/m0/s1. The normalized spacial score (nSPS) is 26.1. The van der Waals surface area contributed by atoms with E-state index < -0.39 is 0 Å². The SMILES string of the molecule is CC(=O)N1CCC(C(=O)N[C@@H](CCN2CCCC3CC(n4c(C)nc5ccccc54)CC32)c2ccccc2)C1. The molecule has 2 aromatic carbocycles. The van der Waals surface area contributed by atoms with Crippen LogP contribution in [0.25, 0.3) is 11.0 Å². The lowest BCUT2D eigenvalue weighted by atomic mass is 9.91. The molecule has 1 aromatic heterocycles. The number of carbonyl (C=O) groups is 2. The minimum absolute atomic E-state index is 0.0255.